The number of ether oxygens (including phenoxy) is 2. The van der Waals surface area contributed by atoms with Crippen molar-refractivity contribution in [1.82, 2.24) is 5.32 Å². The van der Waals surface area contributed by atoms with Gasteiger partial charge in [-0.3, -0.25) is 4.79 Å². The van der Waals surface area contributed by atoms with Gasteiger partial charge < -0.3 is 20.1 Å². The number of primary sulfonamides is 1. The predicted octanol–water partition coefficient (Wildman–Crippen LogP) is 1.61. The summed E-state index contributed by atoms with van der Waals surface area (Å²) in [5.74, 6) is -0.999. The normalized spacial score (nSPS) is 15.7. The summed E-state index contributed by atoms with van der Waals surface area (Å²) in [5.41, 5.74) is 0.298. The van der Waals surface area contributed by atoms with Crippen molar-refractivity contribution in [3.8, 4) is 5.75 Å². The number of thioether (sulfide) groups is 1. The van der Waals surface area contributed by atoms with Crippen LogP contribution in [0.15, 0.2) is 44.8 Å². The molecule has 0 aromatic heterocycles. The van der Waals surface area contributed by atoms with Gasteiger partial charge >= 0.3 is 5.97 Å². The van der Waals surface area contributed by atoms with Crippen molar-refractivity contribution in [1.29, 1.82) is 0 Å². The maximum absolute atomic E-state index is 12.7. The zero-order valence-corrected chi connectivity index (χ0v) is 17.2. The molecule has 0 spiro atoms. The predicted molar refractivity (Wildman–Crippen MR) is 106 cm³/mol. The van der Waals surface area contributed by atoms with E-state index in [-0.39, 0.29) is 27.1 Å². The van der Waals surface area contributed by atoms with E-state index in [4.69, 9.17) is 14.6 Å². The molecule has 0 aliphatic carbocycles. The Labute approximate surface area is 167 Å². The van der Waals surface area contributed by atoms with Gasteiger partial charge in [-0.25, -0.2) is 18.4 Å². The summed E-state index contributed by atoms with van der Waals surface area (Å²) in [5, 5.41) is 10.5. The van der Waals surface area contributed by atoms with E-state index in [0.29, 0.717) is 29.8 Å². The van der Waals surface area contributed by atoms with E-state index in [9.17, 15) is 18.0 Å². The topological polar surface area (TPSA) is 137 Å². The number of nitrogens with one attached hydrogen (secondary N) is 2. The minimum absolute atomic E-state index is 0.0309. The standard InChI is InChI=1S/C17H21N3O6S2/c1-4-25-12-8-6-11(7-9-12)20-14(21)13(16(22)26-5-2)15-19-10(3)17(27-15)28(18,23)24/h6-9,19H,4-5H2,1-3H3,(H,20,21)(H2,18,23,24)/b15-13-. The second kappa shape index (κ2) is 9.13. The van der Waals surface area contributed by atoms with Crippen LogP contribution in [0.2, 0.25) is 0 Å². The maximum Gasteiger partial charge on any atom is 0.346 e. The van der Waals surface area contributed by atoms with Crippen LogP contribution in [0.1, 0.15) is 20.8 Å². The third kappa shape index (κ3) is 5.27. The van der Waals surface area contributed by atoms with E-state index < -0.39 is 21.9 Å². The smallest absolute Gasteiger partial charge is 0.346 e. The highest BCUT2D eigenvalue weighted by Gasteiger charge is 2.33. The number of allylic oxidation sites excluding steroid dienone is 1. The first-order valence-electron chi connectivity index (χ1n) is 8.31. The Morgan fingerprint density at radius 1 is 1.18 bits per heavy atom. The van der Waals surface area contributed by atoms with Gasteiger partial charge in [0.25, 0.3) is 5.91 Å². The van der Waals surface area contributed by atoms with Crippen molar-refractivity contribution in [3.63, 3.8) is 0 Å². The van der Waals surface area contributed by atoms with Gasteiger partial charge in [-0.1, -0.05) is 11.8 Å². The summed E-state index contributed by atoms with van der Waals surface area (Å²) >= 11 is 0.689. The van der Waals surface area contributed by atoms with Crippen LogP contribution in [0.5, 0.6) is 5.75 Å². The molecule has 1 aromatic carbocycles. The Balaban J connectivity index is 2.31. The van der Waals surface area contributed by atoms with E-state index >= 15 is 0 Å². The Morgan fingerprint density at radius 2 is 1.82 bits per heavy atom. The van der Waals surface area contributed by atoms with Gasteiger partial charge in [-0.15, -0.1) is 0 Å². The molecule has 152 valence electrons. The zero-order chi connectivity index (χ0) is 20.9. The van der Waals surface area contributed by atoms with E-state index in [1.807, 2.05) is 6.92 Å². The van der Waals surface area contributed by atoms with Crippen LogP contribution in [0.4, 0.5) is 5.69 Å². The number of hydrogen-bond acceptors (Lipinski definition) is 8. The van der Waals surface area contributed by atoms with E-state index in [0.717, 1.165) is 0 Å². The molecular formula is C17H21N3O6S2. The largest absolute Gasteiger partial charge is 0.494 e. The summed E-state index contributed by atoms with van der Waals surface area (Å²) in [6, 6.07) is 6.57. The van der Waals surface area contributed by atoms with Crippen LogP contribution in [-0.2, 0) is 24.3 Å². The molecular weight excluding hydrogens is 406 g/mol. The van der Waals surface area contributed by atoms with Crippen molar-refractivity contribution in [2.45, 2.75) is 20.8 Å². The van der Waals surface area contributed by atoms with E-state index in [2.05, 4.69) is 10.6 Å². The van der Waals surface area contributed by atoms with Crippen molar-refractivity contribution in [2.24, 2.45) is 5.14 Å². The molecule has 0 atom stereocenters. The summed E-state index contributed by atoms with van der Waals surface area (Å²) in [6.45, 7) is 5.48. The number of benzene rings is 1. The second-order valence-electron chi connectivity index (χ2n) is 5.52. The number of hydrogen-bond donors (Lipinski definition) is 3. The second-order valence-corrected chi connectivity index (χ2v) is 8.30. The zero-order valence-electron chi connectivity index (χ0n) is 15.6. The number of carbonyl (C=O) groups excluding carboxylic acids is 2. The monoisotopic (exact) mass is 427 g/mol. The number of anilines is 1. The molecule has 28 heavy (non-hydrogen) atoms. The quantitative estimate of drug-likeness (QED) is 0.258. The van der Waals surface area contributed by atoms with E-state index in [1.165, 1.54) is 6.92 Å². The number of sulfonamides is 1. The fourth-order valence-corrected chi connectivity index (χ4v) is 4.35. The third-order valence-corrected chi connectivity index (χ3v) is 6.19. The van der Waals surface area contributed by atoms with Crippen LogP contribution < -0.4 is 20.5 Å². The van der Waals surface area contributed by atoms with Gasteiger partial charge in [0.2, 0.25) is 10.0 Å². The first-order chi connectivity index (χ1) is 13.2. The number of rotatable bonds is 7. The lowest BCUT2D eigenvalue weighted by Gasteiger charge is -2.12. The minimum atomic E-state index is -4.00. The lowest BCUT2D eigenvalue weighted by molar-refractivity contribution is -0.139. The van der Waals surface area contributed by atoms with Crippen molar-refractivity contribution in [2.75, 3.05) is 18.5 Å². The number of esters is 1. The average Bonchev–Trinajstić information content (AvgIpc) is 2.99. The van der Waals surface area contributed by atoms with Gasteiger partial charge in [0.15, 0.2) is 5.57 Å². The summed E-state index contributed by atoms with van der Waals surface area (Å²) in [7, 11) is -4.00. The molecule has 0 unspecified atom stereocenters. The summed E-state index contributed by atoms with van der Waals surface area (Å²) in [6.07, 6.45) is 0. The average molecular weight is 428 g/mol. The molecule has 0 fully saturated rings. The number of carbonyl (C=O) groups is 2. The highest BCUT2D eigenvalue weighted by Crippen LogP contribution is 2.37. The third-order valence-electron chi connectivity index (χ3n) is 3.42. The van der Waals surface area contributed by atoms with Crippen LogP contribution in [0, 0.1) is 0 Å². The first kappa shape index (κ1) is 21.8. The van der Waals surface area contributed by atoms with Crippen LogP contribution >= 0.6 is 11.8 Å². The fraction of sp³-hybridized carbons (Fsp3) is 0.294. The van der Waals surface area contributed by atoms with Crippen molar-refractivity contribution in [3.05, 3.63) is 44.8 Å². The van der Waals surface area contributed by atoms with Gasteiger partial charge in [0.05, 0.1) is 18.2 Å². The van der Waals surface area contributed by atoms with Crippen LogP contribution in [0.25, 0.3) is 0 Å². The molecule has 0 saturated heterocycles. The molecule has 0 radical (unpaired) electrons. The molecule has 9 nitrogen and oxygen atoms in total. The molecule has 1 aromatic rings. The lowest BCUT2D eigenvalue weighted by Crippen LogP contribution is -2.26. The molecule has 11 heteroatoms. The molecule has 4 N–H and O–H groups in total. The van der Waals surface area contributed by atoms with Crippen LogP contribution in [-0.4, -0.2) is 33.5 Å². The van der Waals surface area contributed by atoms with Crippen molar-refractivity contribution >= 4 is 39.3 Å². The molecule has 0 saturated carbocycles. The molecule has 1 heterocycles. The summed E-state index contributed by atoms with van der Waals surface area (Å²) < 4.78 is 33.4. The number of amides is 1. The number of nitrogens with two attached hydrogens (primary N) is 1. The first-order valence-corrected chi connectivity index (χ1v) is 10.7. The SMILES string of the molecule is CCOC(=O)/C(C(=O)Nc1ccc(OCC)cc1)=C1/NC(C)=C(S(N)(=O)=O)S1. The van der Waals surface area contributed by atoms with Gasteiger partial charge in [-0.2, -0.15) is 0 Å². The molecule has 1 aliphatic heterocycles. The van der Waals surface area contributed by atoms with Gasteiger partial charge in [0.1, 0.15) is 9.99 Å². The molecule has 1 aliphatic rings. The minimum Gasteiger partial charge on any atom is -0.494 e. The Hall–Kier alpha value is -2.50. The van der Waals surface area contributed by atoms with Gasteiger partial charge in [-0.05, 0) is 45.0 Å². The fourth-order valence-electron chi connectivity index (χ4n) is 2.29. The Kier molecular flexibility index (Phi) is 7.11. The van der Waals surface area contributed by atoms with E-state index in [1.54, 1.807) is 31.2 Å². The molecule has 0 bridgehead atoms. The Morgan fingerprint density at radius 3 is 2.32 bits per heavy atom. The summed E-state index contributed by atoms with van der Waals surface area (Å²) in [4.78, 5) is 25.1. The van der Waals surface area contributed by atoms with Gasteiger partial charge in [0, 0.05) is 11.4 Å². The maximum atomic E-state index is 12.7. The Bertz CT molecular complexity index is 936. The molecule has 1 amide bonds. The highest BCUT2D eigenvalue weighted by molar-refractivity contribution is 8.20. The highest BCUT2D eigenvalue weighted by atomic mass is 32.3. The van der Waals surface area contributed by atoms with Crippen LogP contribution in [0.3, 0.4) is 0 Å². The van der Waals surface area contributed by atoms with Crippen molar-refractivity contribution < 1.29 is 27.5 Å². The lowest BCUT2D eigenvalue weighted by atomic mass is 10.2. The molecule has 2 rings (SSSR count).